The first-order valence-corrected chi connectivity index (χ1v) is 11.0. The van der Waals surface area contributed by atoms with E-state index in [1.54, 1.807) is 18.2 Å². The van der Waals surface area contributed by atoms with Crippen molar-refractivity contribution in [1.29, 1.82) is 0 Å². The largest absolute Gasteiger partial charge is 0.497 e. The zero-order valence-electron chi connectivity index (χ0n) is 19.9. The predicted octanol–water partition coefficient (Wildman–Crippen LogP) is 3.94. The number of carbonyl (C=O) groups is 2. The van der Waals surface area contributed by atoms with Gasteiger partial charge in [0.15, 0.2) is 0 Å². The maximum absolute atomic E-state index is 13.0. The SMILES string of the molecule is CCN(CC)Cc1cccc(NC(=O)C(NC(=O)c2cc(OC)cc(OC)c2)C(C)C)c1. The molecule has 0 heterocycles. The Bertz CT molecular complexity index is 888. The van der Waals surface area contributed by atoms with Crippen LogP contribution < -0.4 is 20.1 Å². The lowest BCUT2D eigenvalue weighted by Gasteiger charge is -2.22. The summed E-state index contributed by atoms with van der Waals surface area (Å²) in [5.74, 6) is 0.273. The summed E-state index contributed by atoms with van der Waals surface area (Å²) in [4.78, 5) is 28.2. The molecule has 0 spiro atoms. The number of methoxy groups -OCH3 is 2. The molecular weight excluding hydrogens is 406 g/mol. The van der Waals surface area contributed by atoms with Crippen LogP contribution in [0, 0.1) is 5.92 Å². The number of ether oxygens (including phenoxy) is 2. The van der Waals surface area contributed by atoms with Crippen LogP contribution in [0.5, 0.6) is 11.5 Å². The molecule has 0 saturated carbocycles. The zero-order chi connectivity index (χ0) is 23.7. The third-order valence-corrected chi connectivity index (χ3v) is 5.34. The number of hydrogen-bond donors (Lipinski definition) is 2. The van der Waals surface area contributed by atoms with Gasteiger partial charge in [0.25, 0.3) is 5.91 Å². The monoisotopic (exact) mass is 441 g/mol. The summed E-state index contributed by atoms with van der Waals surface area (Å²) < 4.78 is 10.5. The Kier molecular flexibility index (Phi) is 9.53. The molecular formula is C25H35N3O4. The van der Waals surface area contributed by atoms with Crippen molar-refractivity contribution in [3.05, 3.63) is 53.6 Å². The minimum absolute atomic E-state index is 0.106. The second-order valence-corrected chi connectivity index (χ2v) is 7.95. The molecule has 0 aliphatic rings. The second-order valence-electron chi connectivity index (χ2n) is 7.95. The molecule has 174 valence electrons. The Labute approximate surface area is 191 Å². The predicted molar refractivity (Wildman–Crippen MR) is 127 cm³/mol. The summed E-state index contributed by atoms with van der Waals surface area (Å²) in [7, 11) is 3.05. The fourth-order valence-corrected chi connectivity index (χ4v) is 3.37. The van der Waals surface area contributed by atoms with E-state index in [2.05, 4.69) is 29.4 Å². The fourth-order valence-electron chi connectivity index (χ4n) is 3.37. The molecule has 2 rings (SSSR count). The van der Waals surface area contributed by atoms with Crippen molar-refractivity contribution in [3.63, 3.8) is 0 Å². The van der Waals surface area contributed by atoms with Crippen molar-refractivity contribution in [2.45, 2.75) is 40.3 Å². The van der Waals surface area contributed by atoms with E-state index in [0.29, 0.717) is 22.7 Å². The average Bonchev–Trinajstić information content (AvgIpc) is 2.80. The second kappa shape index (κ2) is 12.1. The number of carbonyl (C=O) groups excluding carboxylic acids is 2. The average molecular weight is 442 g/mol. The molecule has 0 aliphatic carbocycles. The molecule has 2 aromatic rings. The number of amides is 2. The topological polar surface area (TPSA) is 79.9 Å². The molecule has 0 saturated heterocycles. The Morgan fingerprint density at radius 3 is 2.12 bits per heavy atom. The Morgan fingerprint density at radius 2 is 1.59 bits per heavy atom. The zero-order valence-corrected chi connectivity index (χ0v) is 19.9. The first-order valence-electron chi connectivity index (χ1n) is 11.0. The molecule has 1 unspecified atom stereocenters. The van der Waals surface area contributed by atoms with Crippen molar-refractivity contribution in [1.82, 2.24) is 10.2 Å². The van der Waals surface area contributed by atoms with Gasteiger partial charge in [-0.05, 0) is 48.8 Å². The molecule has 0 bridgehead atoms. The van der Waals surface area contributed by atoms with Gasteiger partial charge in [-0.15, -0.1) is 0 Å². The van der Waals surface area contributed by atoms with Crippen molar-refractivity contribution >= 4 is 17.5 Å². The van der Waals surface area contributed by atoms with E-state index in [-0.39, 0.29) is 17.7 Å². The van der Waals surface area contributed by atoms with E-state index < -0.39 is 6.04 Å². The van der Waals surface area contributed by atoms with E-state index in [9.17, 15) is 9.59 Å². The smallest absolute Gasteiger partial charge is 0.252 e. The molecule has 0 radical (unpaired) electrons. The van der Waals surface area contributed by atoms with Crippen molar-refractivity contribution < 1.29 is 19.1 Å². The van der Waals surface area contributed by atoms with E-state index in [4.69, 9.17) is 9.47 Å². The fraction of sp³-hybridized carbons (Fsp3) is 0.440. The molecule has 0 aromatic heterocycles. The van der Waals surface area contributed by atoms with E-state index in [0.717, 1.165) is 25.2 Å². The van der Waals surface area contributed by atoms with Gasteiger partial charge in [-0.25, -0.2) is 0 Å². The van der Waals surface area contributed by atoms with Crippen LogP contribution in [-0.4, -0.2) is 50.1 Å². The van der Waals surface area contributed by atoms with Crippen molar-refractivity contribution in [3.8, 4) is 11.5 Å². The summed E-state index contributed by atoms with van der Waals surface area (Å²) in [5, 5.41) is 5.80. The molecule has 7 nitrogen and oxygen atoms in total. The number of hydrogen-bond acceptors (Lipinski definition) is 5. The molecule has 0 aliphatic heterocycles. The minimum atomic E-state index is -0.703. The summed E-state index contributed by atoms with van der Waals surface area (Å²) in [6.07, 6.45) is 0. The maximum atomic E-state index is 13.0. The number of rotatable bonds is 11. The third kappa shape index (κ3) is 6.99. The lowest BCUT2D eigenvalue weighted by molar-refractivity contribution is -0.118. The summed E-state index contributed by atoms with van der Waals surface area (Å²) >= 11 is 0. The van der Waals surface area contributed by atoms with Gasteiger partial charge in [0.1, 0.15) is 17.5 Å². The van der Waals surface area contributed by atoms with Crippen LogP contribution in [0.1, 0.15) is 43.6 Å². The van der Waals surface area contributed by atoms with Crippen molar-refractivity contribution in [2.75, 3.05) is 32.6 Å². The van der Waals surface area contributed by atoms with Crippen LogP contribution in [0.2, 0.25) is 0 Å². The highest BCUT2D eigenvalue weighted by molar-refractivity contribution is 6.01. The van der Waals surface area contributed by atoms with Crippen molar-refractivity contribution in [2.24, 2.45) is 5.92 Å². The van der Waals surface area contributed by atoms with Gasteiger partial charge < -0.3 is 20.1 Å². The molecule has 1 atom stereocenters. The summed E-state index contributed by atoms with van der Waals surface area (Å²) in [6, 6.07) is 12.0. The molecule has 2 N–H and O–H groups in total. The van der Waals surface area contributed by atoms with Gasteiger partial charge in [-0.1, -0.05) is 39.8 Å². The van der Waals surface area contributed by atoms with Gasteiger partial charge in [0, 0.05) is 23.9 Å². The molecule has 2 aromatic carbocycles. The molecule has 7 heteroatoms. The van der Waals surface area contributed by atoms with Gasteiger partial charge in [-0.2, -0.15) is 0 Å². The number of anilines is 1. The lowest BCUT2D eigenvalue weighted by atomic mass is 10.0. The van der Waals surface area contributed by atoms with Gasteiger partial charge in [0.2, 0.25) is 5.91 Å². The molecule has 32 heavy (non-hydrogen) atoms. The first-order chi connectivity index (χ1) is 15.3. The Hall–Kier alpha value is -3.06. The van der Waals surface area contributed by atoms with Crippen LogP contribution in [0.4, 0.5) is 5.69 Å². The summed E-state index contributed by atoms with van der Waals surface area (Å²) in [5.41, 5.74) is 2.20. The normalized spacial score (nSPS) is 11.9. The standard InChI is InChI=1S/C25H35N3O4/c1-7-28(8-2)16-18-10-9-11-20(12-18)26-25(30)23(17(3)4)27-24(29)19-13-21(31-5)15-22(14-19)32-6/h9-15,17,23H,7-8,16H2,1-6H3,(H,26,30)(H,27,29). The lowest BCUT2D eigenvalue weighted by Crippen LogP contribution is -2.47. The quantitative estimate of drug-likeness (QED) is 0.552. The highest BCUT2D eigenvalue weighted by Crippen LogP contribution is 2.23. The number of nitrogens with zero attached hydrogens (tertiary/aromatic N) is 1. The van der Waals surface area contributed by atoms with Crippen LogP contribution in [0.15, 0.2) is 42.5 Å². The third-order valence-electron chi connectivity index (χ3n) is 5.34. The molecule has 0 fully saturated rings. The van der Waals surface area contributed by atoms with Gasteiger partial charge in [0.05, 0.1) is 14.2 Å². The Morgan fingerprint density at radius 1 is 0.969 bits per heavy atom. The van der Waals surface area contributed by atoms with Gasteiger partial charge in [-0.3, -0.25) is 14.5 Å². The highest BCUT2D eigenvalue weighted by atomic mass is 16.5. The van der Waals surface area contributed by atoms with Gasteiger partial charge >= 0.3 is 0 Å². The van der Waals surface area contributed by atoms with Crippen LogP contribution in [0.25, 0.3) is 0 Å². The number of benzene rings is 2. The van der Waals surface area contributed by atoms with Crippen LogP contribution >= 0.6 is 0 Å². The van der Waals surface area contributed by atoms with E-state index >= 15 is 0 Å². The summed E-state index contributed by atoms with van der Waals surface area (Å²) in [6.45, 7) is 10.8. The highest BCUT2D eigenvalue weighted by Gasteiger charge is 2.25. The first kappa shape index (κ1) is 25.2. The molecule has 2 amide bonds. The van der Waals surface area contributed by atoms with Crippen LogP contribution in [0.3, 0.4) is 0 Å². The van der Waals surface area contributed by atoms with E-state index in [1.165, 1.54) is 14.2 Å². The minimum Gasteiger partial charge on any atom is -0.497 e. The van der Waals surface area contributed by atoms with E-state index in [1.807, 2.05) is 38.1 Å². The van der Waals surface area contributed by atoms with Crippen LogP contribution in [-0.2, 0) is 11.3 Å². The number of nitrogens with one attached hydrogen (secondary N) is 2. The maximum Gasteiger partial charge on any atom is 0.252 e. The Balaban J connectivity index is 2.14.